The number of benzene rings is 1. The molecule has 1 amide bonds. The largest absolute Gasteiger partial charge is 0.496 e. The van der Waals surface area contributed by atoms with E-state index in [0.29, 0.717) is 18.6 Å². The van der Waals surface area contributed by atoms with Crippen LogP contribution in [0.2, 0.25) is 0 Å². The summed E-state index contributed by atoms with van der Waals surface area (Å²) in [4.78, 5) is 24.2. The summed E-state index contributed by atoms with van der Waals surface area (Å²) in [5.74, 6) is -0.398. The van der Waals surface area contributed by atoms with Gasteiger partial charge in [0.25, 0.3) is 0 Å². The first-order valence-electron chi connectivity index (χ1n) is 5.77. The van der Waals surface area contributed by atoms with Gasteiger partial charge in [-0.2, -0.15) is 0 Å². The monoisotopic (exact) mass is 249 g/mol. The zero-order chi connectivity index (χ0) is 13.1. The van der Waals surface area contributed by atoms with Gasteiger partial charge in [0.1, 0.15) is 11.8 Å². The Morgan fingerprint density at radius 2 is 2.22 bits per heavy atom. The van der Waals surface area contributed by atoms with Gasteiger partial charge in [-0.25, -0.2) is 4.79 Å². The molecule has 5 heteroatoms. The number of carbonyl (C=O) groups is 2. The normalized spacial score (nSPS) is 19.1. The molecule has 1 heterocycles. The number of carbonyl (C=O) groups excluding carboxylic acids is 1. The molecule has 0 saturated carbocycles. The Kier molecular flexibility index (Phi) is 3.50. The number of aliphatic carboxylic acids is 1. The summed E-state index contributed by atoms with van der Waals surface area (Å²) in [7, 11) is 1.55. The van der Waals surface area contributed by atoms with Gasteiger partial charge in [-0.05, 0) is 12.5 Å². The Bertz CT molecular complexity index is 472. The number of carboxylic acid groups (broad SMARTS) is 1. The van der Waals surface area contributed by atoms with E-state index in [9.17, 15) is 9.59 Å². The molecular formula is C13H15NO4. The molecule has 0 unspecified atom stereocenters. The Balaban J connectivity index is 2.21. The van der Waals surface area contributed by atoms with Crippen molar-refractivity contribution < 1.29 is 19.4 Å². The number of ether oxygens (including phenoxy) is 1. The molecule has 1 fully saturated rings. The predicted molar refractivity (Wildman–Crippen MR) is 64.2 cm³/mol. The van der Waals surface area contributed by atoms with E-state index in [2.05, 4.69) is 0 Å². The quantitative estimate of drug-likeness (QED) is 0.872. The van der Waals surface area contributed by atoms with Crippen LogP contribution in [-0.2, 0) is 16.1 Å². The van der Waals surface area contributed by atoms with Crippen LogP contribution in [0.3, 0.4) is 0 Å². The highest BCUT2D eigenvalue weighted by Crippen LogP contribution is 2.25. The highest BCUT2D eigenvalue weighted by molar-refractivity contribution is 5.87. The Morgan fingerprint density at radius 1 is 1.50 bits per heavy atom. The number of hydrogen-bond acceptors (Lipinski definition) is 3. The number of amides is 1. The van der Waals surface area contributed by atoms with E-state index >= 15 is 0 Å². The molecule has 0 bridgehead atoms. The van der Waals surface area contributed by atoms with Crippen LogP contribution in [0.25, 0.3) is 0 Å². The molecule has 1 aromatic rings. The second kappa shape index (κ2) is 5.08. The van der Waals surface area contributed by atoms with Gasteiger partial charge in [0.05, 0.1) is 13.7 Å². The maximum atomic E-state index is 11.7. The van der Waals surface area contributed by atoms with Crippen molar-refractivity contribution in [2.45, 2.75) is 25.4 Å². The van der Waals surface area contributed by atoms with Crippen LogP contribution in [0.1, 0.15) is 18.4 Å². The average molecular weight is 249 g/mol. The number of para-hydroxylation sites is 1. The molecule has 2 rings (SSSR count). The summed E-state index contributed by atoms with van der Waals surface area (Å²) in [6, 6.07) is 6.59. The average Bonchev–Trinajstić information content (AvgIpc) is 2.72. The van der Waals surface area contributed by atoms with Crippen molar-refractivity contribution in [2.75, 3.05) is 7.11 Å². The van der Waals surface area contributed by atoms with Crippen LogP contribution in [0.5, 0.6) is 5.75 Å². The van der Waals surface area contributed by atoms with E-state index in [1.807, 2.05) is 18.2 Å². The topological polar surface area (TPSA) is 66.8 Å². The summed E-state index contributed by atoms with van der Waals surface area (Å²) in [5.41, 5.74) is 0.821. The third-order valence-corrected chi connectivity index (χ3v) is 3.15. The lowest BCUT2D eigenvalue weighted by molar-refractivity contribution is -0.146. The van der Waals surface area contributed by atoms with Crippen molar-refractivity contribution in [1.29, 1.82) is 0 Å². The van der Waals surface area contributed by atoms with Crippen LogP contribution in [-0.4, -0.2) is 35.0 Å². The van der Waals surface area contributed by atoms with Crippen molar-refractivity contribution >= 4 is 11.9 Å². The second-order valence-electron chi connectivity index (χ2n) is 4.23. The van der Waals surface area contributed by atoms with Gasteiger partial charge in [-0.3, -0.25) is 4.79 Å². The third kappa shape index (κ3) is 2.30. The molecule has 1 saturated heterocycles. The number of carboxylic acids is 1. The zero-order valence-electron chi connectivity index (χ0n) is 10.1. The Hall–Kier alpha value is -2.04. The maximum Gasteiger partial charge on any atom is 0.326 e. The Morgan fingerprint density at radius 3 is 2.89 bits per heavy atom. The summed E-state index contributed by atoms with van der Waals surface area (Å²) >= 11 is 0. The Labute approximate surface area is 105 Å². The minimum Gasteiger partial charge on any atom is -0.496 e. The SMILES string of the molecule is COc1ccccc1CN1C(=O)CC[C@@H]1C(=O)O. The lowest BCUT2D eigenvalue weighted by Gasteiger charge is -2.22. The van der Waals surface area contributed by atoms with Gasteiger partial charge in [-0.15, -0.1) is 0 Å². The number of methoxy groups -OCH3 is 1. The van der Waals surface area contributed by atoms with Gasteiger partial charge in [0.15, 0.2) is 0 Å². The highest BCUT2D eigenvalue weighted by Gasteiger charge is 2.36. The molecule has 1 aliphatic heterocycles. The first-order valence-corrected chi connectivity index (χ1v) is 5.77. The molecule has 0 aromatic heterocycles. The molecule has 1 aliphatic rings. The summed E-state index contributed by atoms with van der Waals surface area (Å²) in [6.07, 6.45) is 0.676. The van der Waals surface area contributed by atoms with Gasteiger partial charge < -0.3 is 14.7 Å². The summed E-state index contributed by atoms with van der Waals surface area (Å²) in [5, 5.41) is 9.08. The van der Waals surface area contributed by atoms with Crippen LogP contribution >= 0.6 is 0 Å². The molecule has 5 nitrogen and oxygen atoms in total. The maximum absolute atomic E-state index is 11.7. The van der Waals surface area contributed by atoms with E-state index in [0.717, 1.165) is 5.56 Å². The minimum atomic E-state index is -0.948. The van der Waals surface area contributed by atoms with Crippen molar-refractivity contribution in [3.8, 4) is 5.75 Å². The zero-order valence-corrected chi connectivity index (χ0v) is 10.1. The van der Waals surface area contributed by atoms with Crippen molar-refractivity contribution in [1.82, 2.24) is 4.90 Å². The van der Waals surface area contributed by atoms with Crippen LogP contribution in [0.15, 0.2) is 24.3 Å². The fourth-order valence-electron chi connectivity index (χ4n) is 2.21. The molecule has 1 N–H and O–H groups in total. The smallest absolute Gasteiger partial charge is 0.326 e. The summed E-state index contributed by atoms with van der Waals surface area (Å²) in [6.45, 7) is 0.278. The van der Waals surface area contributed by atoms with Gasteiger partial charge in [0.2, 0.25) is 5.91 Å². The van der Waals surface area contributed by atoms with Crippen LogP contribution in [0, 0.1) is 0 Å². The van der Waals surface area contributed by atoms with Gasteiger partial charge in [0, 0.05) is 12.0 Å². The molecule has 0 aliphatic carbocycles. The minimum absolute atomic E-state index is 0.117. The molecule has 96 valence electrons. The lowest BCUT2D eigenvalue weighted by Crippen LogP contribution is -2.37. The van der Waals surface area contributed by atoms with Crippen LogP contribution < -0.4 is 4.74 Å². The number of rotatable bonds is 4. The molecule has 0 radical (unpaired) electrons. The molecular weight excluding hydrogens is 234 g/mol. The van der Waals surface area contributed by atoms with E-state index in [4.69, 9.17) is 9.84 Å². The molecule has 1 atom stereocenters. The van der Waals surface area contributed by atoms with Gasteiger partial charge in [-0.1, -0.05) is 18.2 Å². The fraction of sp³-hybridized carbons (Fsp3) is 0.385. The van der Waals surface area contributed by atoms with Crippen molar-refractivity contribution in [2.24, 2.45) is 0 Å². The van der Waals surface area contributed by atoms with E-state index in [-0.39, 0.29) is 12.5 Å². The standard InChI is InChI=1S/C13H15NO4/c1-18-11-5-3-2-4-9(11)8-14-10(13(16)17)6-7-12(14)15/h2-5,10H,6-8H2,1H3,(H,16,17)/t10-/m1/s1. The van der Waals surface area contributed by atoms with E-state index in [1.54, 1.807) is 13.2 Å². The van der Waals surface area contributed by atoms with Crippen LogP contribution in [0.4, 0.5) is 0 Å². The predicted octanol–water partition coefficient (Wildman–Crippen LogP) is 1.27. The molecule has 18 heavy (non-hydrogen) atoms. The van der Waals surface area contributed by atoms with Crippen molar-refractivity contribution in [3.05, 3.63) is 29.8 Å². The number of likely N-dealkylation sites (tertiary alicyclic amines) is 1. The first kappa shape index (κ1) is 12.4. The molecule has 0 spiro atoms. The van der Waals surface area contributed by atoms with Gasteiger partial charge >= 0.3 is 5.97 Å². The number of nitrogens with zero attached hydrogens (tertiary/aromatic N) is 1. The number of hydrogen-bond donors (Lipinski definition) is 1. The van der Waals surface area contributed by atoms with Crippen molar-refractivity contribution in [3.63, 3.8) is 0 Å². The summed E-state index contributed by atoms with van der Waals surface area (Å²) < 4.78 is 5.20. The van der Waals surface area contributed by atoms with E-state index < -0.39 is 12.0 Å². The molecule has 1 aromatic carbocycles. The van der Waals surface area contributed by atoms with E-state index in [1.165, 1.54) is 4.90 Å². The first-order chi connectivity index (χ1) is 8.63. The lowest BCUT2D eigenvalue weighted by atomic mass is 10.1. The second-order valence-corrected chi connectivity index (χ2v) is 4.23. The third-order valence-electron chi connectivity index (χ3n) is 3.15. The fourth-order valence-corrected chi connectivity index (χ4v) is 2.21. The highest BCUT2D eigenvalue weighted by atomic mass is 16.5.